The maximum Gasteiger partial charge on any atom is 0.408 e. The van der Waals surface area contributed by atoms with E-state index in [4.69, 9.17) is 4.74 Å². The molecule has 0 aliphatic rings. The van der Waals surface area contributed by atoms with Gasteiger partial charge in [-0.25, -0.2) is 24.7 Å². The minimum absolute atomic E-state index is 0.00845. The van der Waals surface area contributed by atoms with Gasteiger partial charge in [-0.05, 0) is 43.0 Å². The number of benzene rings is 1. The van der Waals surface area contributed by atoms with E-state index in [1.54, 1.807) is 99.4 Å². The second kappa shape index (κ2) is 33.8. The number of hydrogen-bond donors (Lipinski definition) is 11. The molecule has 34 nitrogen and oxygen atoms in total. The van der Waals surface area contributed by atoms with E-state index in [0.29, 0.717) is 42.1 Å². The van der Waals surface area contributed by atoms with Crippen LogP contribution in [0.25, 0.3) is 0 Å². The zero-order valence-electron chi connectivity index (χ0n) is 55.5. The summed E-state index contributed by atoms with van der Waals surface area (Å²) < 4.78 is 15.9. The van der Waals surface area contributed by atoms with Gasteiger partial charge in [0.05, 0.1) is 17.1 Å². The van der Waals surface area contributed by atoms with E-state index in [1.165, 1.54) is 73.0 Å². The molecule has 34 heteroatoms. The number of hydrogen-bond acceptors (Lipinski definition) is 16. The third kappa shape index (κ3) is 19.7. The van der Waals surface area contributed by atoms with Crippen LogP contribution in [0.15, 0.2) is 98.1 Å². The number of aryl methyl sites for hydroxylation is 7. The highest BCUT2D eigenvalue weighted by Crippen LogP contribution is 2.20. The summed E-state index contributed by atoms with van der Waals surface area (Å²) in [4.78, 5) is 163. The lowest BCUT2D eigenvalue weighted by Crippen LogP contribution is -2.46. The van der Waals surface area contributed by atoms with Crippen molar-refractivity contribution in [3.63, 3.8) is 0 Å². The predicted molar refractivity (Wildman–Crippen MR) is 359 cm³/mol. The van der Waals surface area contributed by atoms with Crippen molar-refractivity contribution >= 4 is 99.7 Å². The fourth-order valence-electron chi connectivity index (χ4n) is 10.0. The van der Waals surface area contributed by atoms with Gasteiger partial charge in [-0.15, -0.1) is 0 Å². The molecular weight excluding hydrogens is 1270 g/mol. The normalized spacial score (nSPS) is 11.2. The quantitative estimate of drug-likeness (QED) is 0.0257. The van der Waals surface area contributed by atoms with Gasteiger partial charge in [0.25, 0.3) is 41.4 Å². The number of nitrogens with one attached hydrogen (secondary N) is 11. The Kier molecular flexibility index (Phi) is 24.7. The van der Waals surface area contributed by atoms with Gasteiger partial charge in [-0.2, -0.15) is 0 Å². The number of anilines is 6. The topological polar surface area (TPSA) is 415 Å². The van der Waals surface area contributed by atoms with Crippen molar-refractivity contribution in [2.24, 2.45) is 42.3 Å². The van der Waals surface area contributed by atoms with E-state index in [1.807, 2.05) is 6.92 Å². The molecule has 518 valence electrons. The van der Waals surface area contributed by atoms with Gasteiger partial charge in [0.15, 0.2) is 23.3 Å². The van der Waals surface area contributed by atoms with Gasteiger partial charge in [-0.3, -0.25) is 47.9 Å². The van der Waals surface area contributed by atoms with Crippen LogP contribution in [0.3, 0.4) is 0 Å². The average Bonchev–Trinajstić information content (AvgIpc) is 1.70. The van der Waals surface area contributed by atoms with Gasteiger partial charge >= 0.3 is 6.09 Å². The number of ether oxygens (including phenoxy) is 1. The Hall–Kier alpha value is -12.1. The molecule has 1 atom stereocenters. The highest BCUT2D eigenvalue weighted by Gasteiger charge is 2.27. The van der Waals surface area contributed by atoms with Crippen LogP contribution in [0.1, 0.15) is 145 Å². The SMILES string of the molecule is CCCCCCn1cc(NC(=O)c2nc(NC(=O)CCNC(=O)c3nc(NC(=O)c4nccn4C)cn3C)cn2C)nc1C(=O)NCC[C@@H](NC(=O)OCc1ccccc1)C(=O)Nc1cc(C(=O)NCCC(=O)Nc2cc(C(=O)Nc3cc(C(=O)NCCC)n(C)c3)n(C)c2)n(C)c1. The first-order valence-corrected chi connectivity index (χ1v) is 31.5. The fourth-order valence-corrected chi connectivity index (χ4v) is 10.0. The predicted octanol–water partition coefficient (Wildman–Crippen LogP) is 4.15. The molecule has 11 N–H and O–H groups in total. The smallest absolute Gasteiger partial charge is 0.408 e. The Balaban J connectivity index is 0.834. The van der Waals surface area contributed by atoms with Crippen molar-refractivity contribution in [3.8, 4) is 0 Å². The zero-order chi connectivity index (χ0) is 70.6. The van der Waals surface area contributed by atoms with Gasteiger partial charge in [0, 0.05) is 137 Å². The van der Waals surface area contributed by atoms with Crippen molar-refractivity contribution in [1.29, 1.82) is 0 Å². The molecule has 7 heterocycles. The monoisotopic (exact) mass is 1350 g/mol. The van der Waals surface area contributed by atoms with Crippen LogP contribution in [-0.4, -0.2) is 149 Å². The molecule has 0 radical (unpaired) electrons. The standard InChI is InChI=1S/C64H80N22O12/c1-9-11-12-16-27-86-37-49(79-63(96)54-75-47(35-85(54)8)74-51(88)21-25-69-60(93)53-76-48(36-84(53)7)78-62(95)52-65-26-28-80(52)3)77-55(86)61(94)68-23-19-43(73-64(97)98-38-39-17-14-13-15-18-39)56(89)71-41-30-45(81(4)33-41)58(91)67-24-20-50(87)70-40-29-46(83(6)32-40)59(92)72-42-31-44(82(5)34-42)57(90)66-22-10-2/h13-15,17-18,26,28-37,43H,9-12,16,19-25,27,38H2,1-8H3,(H,66,90)(H,67,91)(H,68,94)(H,69,93)(H,70,87)(H,71,89)(H,72,92)(H,73,97)(H,74,88)(H,78,95)(H,79,96)/t43-/m1/s1. The van der Waals surface area contributed by atoms with Crippen molar-refractivity contribution in [2.45, 2.75) is 84.4 Å². The summed E-state index contributed by atoms with van der Waals surface area (Å²) in [5.74, 6) is -5.44. The van der Waals surface area contributed by atoms with Crippen molar-refractivity contribution in [3.05, 3.63) is 144 Å². The molecule has 0 aliphatic heterocycles. The van der Waals surface area contributed by atoms with Gasteiger partial charge in [0.1, 0.15) is 29.7 Å². The molecule has 8 rings (SSSR count). The lowest BCUT2D eigenvalue weighted by Gasteiger charge is -2.18. The molecule has 0 saturated carbocycles. The third-order valence-corrected chi connectivity index (χ3v) is 15.0. The highest BCUT2D eigenvalue weighted by molar-refractivity contribution is 6.06. The summed E-state index contributed by atoms with van der Waals surface area (Å²) in [5, 5.41) is 29.6. The van der Waals surface area contributed by atoms with Crippen LogP contribution in [-0.2, 0) is 74.6 Å². The molecule has 0 aliphatic carbocycles. The molecule has 0 fully saturated rings. The second-order valence-corrected chi connectivity index (χ2v) is 22.9. The molecule has 0 unspecified atom stereocenters. The highest BCUT2D eigenvalue weighted by atomic mass is 16.5. The number of carbonyl (C=O) groups excluding carboxylic acids is 11. The van der Waals surface area contributed by atoms with Gasteiger partial charge in [-0.1, -0.05) is 63.4 Å². The molecule has 7 aromatic heterocycles. The molecule has 0 bridgehead atoms. The van der Waals surface area contributed by atoms with E-state index in [0.717, 1.165) is 25.7 Å². The number of aromatic nitrogens is 11. The van der Waals surface area contributed by atoms with Crippen LogP contribution >= 0.6 is 0 Å². The first kappa shape index (κ1) is 71.7. The Bertz CT molecular complexity index is 4220. The minimum atomic E-state index is -1.31. The number of nitrogens with zero attached hydrogens (tertiary/aromatic N) is 11. The summed E-state index contributed by atoms with van der Waals surface area (Å²) in [6, 6.07) is 12.0. The number of imidazole rings is 4. The van der Waals surface area contributed by atoms with Crippen LogP contribution < -0.4 is 58.5 Å². The minimum Gasteiger partial charge on any atom is -0.445 e. The Morgan fingerprint density at radius 2 is 0.969 bits per heavy atom. The molecule has 0 spiro atoms. The third-order valence-electron chi connectivity index (χ3n) is 15.0. The molecule has 1 aromatic carbocycles. The van der Waals surface area contributed by atoms with E-state index in [-0.39, 0.29) is 109 Å². The Morgan fingerprint density at radius 3 is 1.57 bits per heavy atom. The van der Waals surface area contributed by atoms with Crippen molar-refractivity contribution in [2.75, 3.05) is 58.1 Å². The Morgan fingerprint density at radius 1 is 0.459 bits per heavy atom. The van der Waals surface area contributed by atoms with Gasteiger partial charge < -0.3 is 95.2 Å². The van der Waals surface area contributed by atoms with Crippen molar-refractivity contribution < 1.29 is 57.5 Å². The molecular formula is C64H80N22O12. The second-order valence-electron chi connectivity index (χ2n) is 22.9. The Labute approximate surface area is 562 Å². The largest absolute Gasteiger partial charge is 0.445 e. The van der Waals surface area contributed by atoms with Crippen LogP contribution in [0.5, 0.6) is 0 Å². The molecule has 0 saturated heterocycles. The molecule has 8 aromatic rings. The van der Waals surface area contributed by atoms with E-state index >= 15 is 0 Å². The summed E-state index contributed by atoms with van der Waals surface area (Å²) in [6.07, 6.45) is 14.8. The first-order chi connectivity index (χ1) is 47.0. The van der Waals surface area contributed by atoms with Crippen molar-refractivity contribution in [1.82, 2.24) is 78.5 Å². The van der Waals surface area contributed by atoms with Crippen LogP contribution in [0, 0.1) is 0 Å². The molecule has 11 amide bonds. The van der Waals surface area contributed by atoms with E-state index < -0.39 is 65.3 Å². The fraction of sp³-hybridized carbons (Fsp3) is 0.359. The summed E-state index contributed by atoms with van der Waals surface area (Å²) in [7, 11) is 9.66. The number of carbonyl (C=O) groups is 11. The maximum absolute atomic E-state index is 14.1. The zero-order valence-corrected chi connectivity index (χ0v) is 55.5. The molecule has 98 heavy (non-hydrogen) atoms. The van der Waals surface area contributed by atoms with E-state index in [9.17, 15) is 52.7 Å². The summed E-state index contributed by atoms with van der Waals surface area (Å²) in [5.41, 5.74) is 2.31. The van der Waals surface area contributed by atoms with Gasteiger partial charge in [0.2, 0.25) is 35.2 Å². The summed E-state index contributed by atoms with van der Waals surface area (Å²) in [6.45, 7) is 4.38. The number of rotatable bonds is 33. The number of alkyl carbamates (subject to hydrolysis) is 1. The lowest BCUT2D eigenvalue weighted by molar-refractivity contribution is -0.118. The number of amides is 11. The summed E-state index contributed by atoms with van der Waals surface area (Å²) >= 11 is 0. The van der Waals surface area contributed by atoms with E-state index in [2.05, 4.69) is 85.3 Å². The average molecular weight is 1350 g/mol. The first-order valence-electron chi connectivity index (χ1n) is 31.5. The number of unbranched alkanes of at least 4 members (excludes halogenated alkanes) is 3. The lowest BCUT2D eigenvalue weighted by atomic mass is 10.2. The van der Waals surface area contributed by atoms with Crippen LogP contribution in [0.4, 0.5) is 39.3 Å². The maximum atomic E-state index is 14.1. The van der Waals surface area contributed by atoms with Crippen LogP contribution in [0.2, 0.25) is 0 Å².